The number of nitrogens with zero attached hydrogens (tertiary/aromatic N) is 2. The zero-order valence-electron chi connectivity index (χ0n) is 11.7. The molecule has 1 aromatic rings. The molecule has 0 bridgehead atoms. The van der Waals surface area contributed by atoms with Crippen LogP contribution in [0, 0.1) is 6.92 Å². The minimum Gasteiger partial charge on any atom is -0.469 e. The maximum Gasteiger partial charge on any atom is 0.308 e. The average Bonchev–Trinajstić information content (AvgIpc) is 2.46. The second kappa shape index (κ2) is 6.47. The summed E-state index contributed by atoms with van der Waals surface area (Å²) >= 11 is 0. The van der Waals surface area contributed by atoms with Crippen LogP contribution in [0.15, 0.2) is 18.2 Å². The monoisotopic (exact) mass is 278 g/mol. The number of amides is 1. The van der Waals surface area contributed by atoms with Gasteiger partial charge >= 0.3 is 5.97 Å². The lowest BCUT2D eigenvalue weighted by molar-refractivity contribution is -0.145. The number of pyridine rings is 1. The number of hydrogen-bond acceptors (Lipinski definition) is 5. The molecular formula is C14H18N2O4. The van der Waals surface area contributed by atoms with Crippen LogP contribution in [0.3, 0.4) is 0 Å². The largest absolute Gasteiger partial charge is 0.469 e. The number of ether oxygens (including phenoxy) is 2. The van der Waals surface area contributed by atoms with Gasteiger partial charge in [0.2, 0.25) is 0 Å². The standard InChI is InChI=1S/C14H18N2O4/c1-10-4-3-5-12(15-10)14(18)16-6-7-20-11(9-16)8-13(17)19-2/h3-5,11H,6-9H2,1-2H3. The van der Waals surface area contributed by atoms with Crippen molar-refractivity contribution in [3.8, 4) is 0 Å². The molecule has 0 N–H and O–H groups in total. The van der Waals surface area contributed by atoms with E-state index in [-0.39, 0.29) is 24.4 Å². The van der Waals surface area contributed by atoms with Gasteiger partial charge in [-0.2, -0.15) is 0 Å². The minimum absolute atomic E-state index is 0.133. The van der Waals surface area contributed by atoms with Crippen LogP contribution in [0.1, 0.15) is 22.6 Å². The Labute approximate surface area is 117 Å². The number of methoxy groups -OCH3 is 1. The lowest BCUT2D eigenvalue weighted by Crippen LogP contribution is -2.46. The molecule has 1 aromatic heterocycles. The smallest absolute Gasteiger partial charge is 0.308 e. The van der Waals surface area contributed by atoms with Gasteiger partial charge in [0.05, 0.1) is 26.2 Å². The third-order valence-electron chi connectivity index (χ3n) is 3.16. The zero-order chi connectivity index (χ0) is 14.5. The molecule has 1 atom stereocenters. The molecule has 2 heterocycles. The van der Waals surface area contributed by atoms with Gasteiger partial charge in [0.25, 0.3) is 5.91 Å². The van der Waals surface area contributed by atoms with Crippen LogP contribution in [0.25, 0.3) is 0 Å². The molecule has 0 aliphatic carbocycles. The first-order valence-electron chi connectivity index (χ1n) is 6.51. The molecule has 108 valence electrons. The van der Waals surface area contributed by atoms with Gasteiger partial charge in [-0.05, 0) is 19.1 Å². The van der Waals surface area contributed by atoms with Gasteiger partial charge in [0, 0.05) is 18.8 Å². The summed E-state index contributed by atoms with van der Waals surface area (Å²) in [6, 6.07) is 5.35. The molecule has 1 aliphatic heterocycles. The third kappa shape index (κ3) is 3.54. The molecule has 0 spiro atoms. The molecule has 1 unspecified atom stereocenters. The first-order valence-corrected chi connectivity index (χ1v) is 6.51. The van der Waals surface area contributed by atoms with Gasteiger partial charge in [0.15, 0.2) is 0 Å². The highest BCUT2D eigenvalue weighted by molar-refractivity contribution is 5.92. The summed E-state index contributed by atoms with van der Waals surface area (Å²) in [5, 5.41) is 0. The van der Waals surface area contributed by atoms with E-state index >= 15 is 0 Å². The molecular weight excluding hydrogens is 260 g/mol. The van der Waals surface area contributed by atoms with E-state index < -0.39 is 0 Å². The fraction of sp³-hybridized carbons (Fsp3) is 0.500. The number of morpholine rings is 1. The van der Waals surface area contributed by atoms with Crippen LogP contribution in [-0.2, 0) is 14.3 Å². The van der Waals surface area contributed by atoms with Crippen molar-refractivity contribution in [3.63, 3.8) is 0 Å². The van der Waals surface area contributed by atoms with Gasteiger partial charge in [-0.1, -0.05) is 6.07 Å². The number of aromatic nitrogens is 1. The van der Waals surface area contributed by atoms with Crippen LogP contribution in [0.2, 0.25) is 0 Å². The van der Waals surface area contributed by atoms with Crippen LogP contribution in [-0.4, -0.2) is 54.7 Å². The van der Waals surface area contributed by atoms with E-state index in [0.717, 1.165) is 5.69 Å². The van der Waals surface area contributed by atoms with Gasteiger partial charge in [-0.15, -0.1) is 0 Å². The molecule has 6 heteroatoms. The number of hydrogen-bond donors (Lipinski definition) is 0. The topological polar surface area (TPSA) is 68.7 Å². The average molecular weight is 278 g/mol. The van der Waals surface area contributed by atoms with Gasteiger partial charge in [-0.25, -0.2) is 4.98 Å². The van der Waals surface area contributed by atoms with Crippen molar-refractivity contribution in [1.82, 2.24) is 9.88 Å². The van der Waals surface area contributed by atoms with Crippen molar-refractivity contribution in [2.75, 3.05) is 26.8 Å². The van der Waals surface area contributed by atoms with E-state index in [9.17, 15) is 9.59 Å². The summed E-state index contributed by atoms with van der Waals surface area (Å²) in [7, 11) is 1.34. The molecule has 20 heavy (non-hydrogen) atoms. The van der Waals surface area contributed by atoms with Crippen molar-refractivity contribution in [3.05, 3.63) is 29.6 Å². The summed E-state index contributed by atoms with van der Waals surface area (Å²) < 4.78 is 10.1. The Morgan fingerprint density at radius 3 is 3.00 bits per heavy atom. The van der Waals surface area contributed by atoms with E-state index in [1.54, 1.807) is 11.0 Å². The number of rotatable bonds is 3. The Kier molecular flexibility index (Phi) is 4.68. The second-order valence-electron chi connectivity index (χ2n) is 4.69. The zero-order valence-corrected chi connectivity index (χ0v) is 11.7. The highest BCUT2D eigenvalue weighted by Gasteiger charge is 2.27. The molecule has 0 saturated carbocycles. The first-order chi connectivity index (χ1) is 9.60. The van der Waals surface area contributed by atoms with Crippen LogP contribution >= 0.6 is 0 Å². The maximum absolute atomic E-state index is 12.3. The fourth-order valence-corrected chi connectivity index (χ4v) is 2.12. The van der Waals surface area contributed by atoms with E-state index in [2.05, 4.69) is 9.72 Å². The summed E-state index contributed by atoms with van der Waals surface area (Å²) in [4.78, 5) is 29.5. The minimum atomic E-state index is -0.335. The van der Waals surface area contributed by atoms with Gasteiger partial charge in [0.1, 0.15) is 5.69 Å². The molecule has 0 aromatic carbocycles. The molecule has 1 amide bonds. The van der Waals surface area contributed by atoms with Gasteiger partial charge in [-0.3, -0.25) is 9.59 Å². The Bertz CT molecular complexity index is 504. The van der Waals surface area contributed by atoms with Gasteiger partial charge < -0.3 is 14.4 Å². The molecule has 1 saturated heterocycles. The fourth-order valence-electron chi connectivity index (χ4n) is 2.12. The Morgan fingerprint density at radius 1 is 1.50 bits per heavy atom. The lowest BCUT2D eigenvalue weighted by atomic mass is 10.2. The van der Waals surface area contributed by atoms with Crippen molar-refractivity contribution in [2.45, 2.75) is 19.4 Å². The molecule has 1 aliphatic rings. The third-order valence-corrected chi connectivity index (χ3v) is 3.16. The SMILES string of the molecule is COC(=O)CC1CN(C(=O)c2cccc(C)n2)CCO1. The summed E-state index contributed by atoms with van der Waals surface area (Å²) in [5.74, 6) is -0.468. The highest BCUT2D eigenvalue weighted by atomic mass is 16.5. The molecule has 1 fully saturated rings. The summed E-state index contributed by atoms with van der Waals surface area (Å²) in [5.41, 5.74) is 1.22. The molecule has 0 radical (unpaired) electrons. The van der Waals surface area contributed by atoms with Crippen molar-refractivity contribution >= 4 is 11.9 Å². The normalized spacial score (nSPS) is 18.7. The van der Waals surface area contributed by atoms with E-state index in [1.807, 2.05) is 19.1 Å². The Morgan fingerprint density at radius 2 is 2.30 bits per heavy atom. The quantitative estimate of drug-likeness (QED) is 0.765. The number of carbonyl (C=O) groups is 2. The first kappa shape index (κ1) is 14.5. The van der Waals surface area contributed by atoms with Crippen LogP contribution in [0.5, 0.6) is 0 Å². The Hall–Kier alpha value is -1.95. The predicted molar refractivity (Wildman–Crippen MR) is 71.3 cm³/mol. The van der Waals surface area contributed by atoms with E-state index in [1.165, 1.54) is 7.11 Å². The number of carbonyl (C=O) groups excluding carboxylic acids is 2. The number of esters is 1. The van der Waals surface area contributed by atoms with Crippen LogP contribution in [0.4, 0.5) is 0 Å². The number of aryl methyl sites for hydroxylation is 1. The van der Waals surface area contributed by atoms with E-state index in [0.29, 0.717) is 25.4 Å². The van der Waals surface area contributed by atoms with Crippen molar-refractivity contribution < 1.29 is 19.1 Å². The summed E-state index contributed by atoms with van der Waals surface area (Å²) in [6.45, 7) is 3.14. The van der Waals surface area contributed by atoms with Crippen LogP contribution < -0.4 is 0 Å². The molecule has 6 nitrogen and oxygen atoms in total. The predicted octanol–water partition coefficient (Wildman–Crippen LogP) is 0.794. The molecule has 2 rings (SSSR count). The lowest BCUT2D eigenvalue weighted by Gasteiger charge is -2.32. The summed E-state index contributed by atoms with van der Waals surface area (Å²) in [6.07, 6.45) is -0.161. The Balaban J connectivity index is 2.01. The maximum atomic E-state index is 12.3. The van der Waals surface area contributed by atoms with Crippen molar-refractivity contribution in [2.24, 2.45) is 0 Å². The second-order valence-corrected chi connectivity index (χ2v) is 4.69. The van der Waals surface area contributed by atoms with E-state index in [4.69, 9.17) is 4.74 Å². The van der Waals surface area contributed by atoms with Crippen molar-refractivity contribution in [1.29, 1.82) is 0 Å². The highest BCUT2D eigenvalue weighted by Crippen LogP contribution is 2.12.